The third kappa shape index (κ3) is 1.98. The van der Waals surface area contributed by atoms with Gasteiger partial charge in [-0.2, -0.15) is 0 Å². The molecule has 0 N–H and O–H groups in total. The molecule has 0 saturated heterocycles. The average Bonchev–Trinajstić information content (AvgIpc) is 2.48. The van der Waals surface area contributed by atoms with Crippen LogP contribution in [0.1, 0.15) is 35.6 Å². The molecule has 1 heterocycles. The summed E-state index contributed by atoms with van der Waals surface area (Å²) >= 11 is 1.94. The number of hydrogen-bond donors (Lipinski definition) is 0. The summed E-state index contributed by atoms with van der Waals surface area (Å²) in [6.07, 6.45) is 6.98. The summed E-state index contributed by atoms with van der Waals surface area (Å²) in [5.41, 5.74) is 1.45. The van der Waals surface area contributed by atoms with E-state index >= 15 is 0 Å². The van der Waals surface area contributed by atoms with Crippen molar-refractivity contribution in [3.05, 3.63) is 27.5 Å². The van der Waals surface area contributed by atoms with Crippen molar-refractivity contribution in [1.82, 2.24) is 0 Å². The van der Waals surface area contributed by atoms with E-state index in [4.69, 9.17) is 0 Å². The Morgan fingerprint density at radius 1 is 1.33 bits per heavy atom. The molecule has 1 aliphatic rings. The molecule has 0 aromatic carbocycles. The van der Waals surface area contributed by atoms with Crippen LogP contribution in [0, 0.1) is 6.92 Å². The number of thiophene rings is 1. The highest BCUT2D eigenvalue weighted by molar-refractivity contribution is 7.12. The van der Waals surface area contributed by atoms with Crippen LogP contribution in [-0.2, 0) is 6.42 Å². The van der Waals surface area contributed by atoms with E-state index in [9.17, 15) is 0 Å². The minimum absolute atomic E-state index is 1.23. The Bertz CT molecular complexity index is 269. The van der Waals surface area contributed by atoms with Crippen LogP contribution in [-0.4, -0.2) is 0 Å². The fraction of sp³-hybridized carbons (Fsp3) is 0.455. The van der Waals surface area contributed by atoms with Gasteiger partial charge >= 0.3 is 0 Å². The fourth-order valence-corrected chi connectivity index (χ4v) is 2.38. The lowest BCUT2D eigenvalue weighted by atomic mass is 10.1. The lowest BCUT2D eigenvalue weighted by molar-refractivity contribution is 1.01. The van der Waals surface area contributed by atoms with Gasteiger partial charge in [0.1, 0.15) is 0 Å². The van der Waals surface area contributed by atoms with Gasteiger partial charge in [-0.15, -0.1) is 11.3 Å². The van der Waals surface area contributed by atoms with Crippen molar-refractivity contribution in [2.45, 2.75) is 33.6 Å². The predicted molar refractivity (Wildman–Crippen MR) is 57.8 cm³/mol. The van der Waals surface area contributed by atoms with Crippen LogP contribution in [0.2, 0.25) is 0 Å². The predicted octanol–water partition coefficient (Wildman–Crippen LogP) is 4.04. The lowest BCUT2D eigenvalue weighted by Crippen LogP contribution is -1.85. The van der Waals surface area contributed by atoms with E-state index in [1.807, 2.05) is 25.2 Å². The second kappa shape index (κ2) is 4.46. The van der Waals surface area contributed by atoms with Gasteiger partial charge in [-0.3, -0.25) is 0 Å². The second-order valence-electron chi connectivity index (χ2n) is 2.68. The Morgan fingerprint density at radius 3 is 2.75 bits per heavy atom. The molecule has 2 rings (SSSR count). The van der Waals surface area contributed by atoms with Crippen LogP contribution in [0.5, 0.6) is 0 Å². The van der Waals surface area contributed by atoms with E-state index in [0.29, 0.717) is 0 Å². The summed E-state index contributed by atoms with van der Waals surface area (Å²) in [5.74, 6) is 0. The van der Waals surface area contributed by atoms with E-state index in [-0.39, 0.29) is 0 Å². The highest BCUT2D eigenvalue weighted by Gasteiger charge is 2.06. The molecule has 0 aliphatic heterocycles. The molecule has 0 saturated carbocycles. The number of allylic oxidation sites excluding steroid dienone is 1. The Morgan fingerprint density at radius 2 is 2.08 bits per heavy atom. The van der Waals surface area contributed by atoms with Crippen molar-refractivity contribution in [2.75, 3.05) is 0 Å². The quantitative estimate of drug-likeness (QED) is 0.565. The summed E-state index contributed by atoms with van der Waals surface area (Å²) < 4.78 is 0. The molecular weight excluding hydrogens is 164 g/mol. The van der Waals surface area contributed by atoms with Crippen molar-refractivity contribution in [1.29, 1.82) is 0 Å². The zero-order valence-electron chi connectivity index (χ0n) is 8.05. The molecule has 1 heteroatoms. The zero-order chi connectivity index (χ0) is 8.97. The van der Waals surface area contributed by atoms with Gasteiger partial charge in [0.05, 0.1) is 0 Å². The van der Waals surface area contributed by atoms with Gasteiger partial charge in [0.15, 0.2) is 0 Å². The van der Waals surface area contributed by atoms with Gasteiger partial charge in [0, 0.05) is 9.75 Å². The number of rotatable bonds is 0. The molecular formula is C11H16S. The third-order valence-corrected chi connectivity index (χ3v) is 2.93. The van der Waals surface area contributed by atoms with E-state index in [1.54, 1.807) is 4.88 Å². The highest BCUT2D eigenvalue weighted by atomic mass is 32.1. The Kier molecular flexibility index (Phi) is 3.54. The molecule has 0 bridgehead atoms. The van der Waals surface area contributed by atoms with Gasteiger partial charge in [-0.25, -0.2) is 0 Å². The van der Waals surface area contributed by atoms with Crippen LogP contribution < -0.4 is 0 Å². The van der Waals surface area contributed by atoms with Crippen LogP contribution in [0.25, 0.3) is 6.08 Å². The molecule has 0 unspecified atom stereocenters. The van der Waals surface area contributed by atoms with Crippen LogP contribution in [0.3, 0.4) is 0 Å². The summed E-state index contributed by atoms with van der Waals surface area (Å²) in [7, 11) is 0. The van der Waals surface area contributed by atoms with Gasteiger partial charge in [0.25, 0.3) is 0 Å². The molecule has 66 valence electrons. The minimum atomic E-state index is 1.23. The van der Waals surface area contributed by atoms with Crippen LogP contribution in [0.15, 0.2) is 12.1 Å². The van der Waals surface area contributed by atoms with E-state index < -0.39 is 0 Å². The van der Waals surface area contributed by atoms with Crippen molar-refractivity contribution >= 4 is 17.4 Å². The summed E-state index contributed by atoms with van der Waals surface area (Å²) in [6.45, 7) is 6.18. The smallest absolute Gasteiger partial charge is 0.0123 e. The van der Waals surface area contributed by atoms with Gasteiger partial charge < -0.3 is 0 Å². The molecule has 0 nitrogen and oxygen atoms in total. The monoisotopic (exact) mass is 180 g/mol. The first-order valence-corrected chi connectivity index (χ1v) is 5.44. The second-order valence-corrected chi connectivity index (χ2v) is 4.02. The maximum atomic E-state index is 2.27. The molecule has 0 amide bonds. The van der Waals surface area contributed by atoms with E-state index in [0.717, 1.165) is 0 Å². The van der Waals surface area contributed by atoms with E-state index in [2.05, 4.69) is 25.1 Å². The first kappa shape index (κ1) is 9.53. The van der Waals surface area contributed by atoms with Crippen molar-refractivity contribution in [3.8, 4) is 0 Å². The fourth-order valence-electron chi connectivity index (χ4n) is 1.34. The maximum Gasteiger partial charge on any atom is 0.0123 e. The molecule has 1 aliphatic carbocycles. The van der Waals surface area contributed by atoms with Crippen molar-refractivity contribution < 1.29 is 0 Å². The lowest BCUT2D eigenvalue weighted by Gasteiger charge is -2.01. The number of fused-ring (bicyclic) bond motifs is 1. The molecule has 0 fully saturated rings. The highest BCUT2D eigenvalue weighted by Crippen LogP contribution is 2.27. The largest absolute Gasteiger partial charge is 0.145 e. The molecule has 12 heavy (non-hydrogen) atoms. The SMILES string of the molecule is CC.Cc1cc2c(s1)CCC=C2. The maximum absolute atomic E-state index is 2.27. The first-order valence-electron chi connectivity index (χ1n) is 4.62. The van der Waals surface area contributed by atoms with Crippen LogP contribution in [0.4, 0.5) is 0 Å². The van der Waals surface area contributed by atoms with Crippen molar-refractivity contribution in [3.63, 3.8) is 0 Å². The molecule has 1 aromatic heterocycles. The van der Waals surface area contributed by atoms with Crippen LogP contribution >= 0.6 is 11.3 Å². The Balaban J connectivity index is 0.000000336. The Hall–Kier alpha value is -0.560. The number of aryl methyl sites for hydroxylation is 2. The topological polar surface area (TPSA) is 0 Å². The average molecular weight is 180 g/mol. The first-order chi connectivity index (χ1) is 5.86. The van der Waals surface area contributed by atoms with Gasteiger partial charge in [-0.05, 0) is 31.4 Å². The zero-order valence-corrected chi connectivity index (χ0v) is 8.87. The number of hydrogen-bond acceptors (Lipinski definition) is 1. The molecule has 1 aromatic rings. The third-order valence-electron chi connectivity index (χ3n) is 1.80. The van der Waals surface area contributed by atoms with Gasteiger partial charge in [0.2, 0.25) is 0 Å². The normalized spacial score (nSPS) is 13.2. The summed E-state index contributed by atoms with van der Waals surface area (Å²) in [5, 5.41) is 0. The molecule has 0 spiro atoms. The van der Waals surface area contributed by atoms with Gasteiger partial charge in [-0.1, -0.05) is 26.0 Å². The molecule has 0 atom stereocenters. The van der Waals surface area contributed by atoms with Crippen molar-refractivity contribution in [2.24, 2.45) is 0 Å². The summed E-state index contributed by atoms with van der Waals surface area (Å²) in [4.78, 5) is 3.01. The Labute approximate surface area is 78.9 Å². The minimum Gasteiger partial charge on any atom is -0.145 e. The summed E-state index contributed by atoms with van der Waals surface area (Å²) in [6, 6.07) is 2.27. The molecule has 0 radical (unpaired) electrons. The van der Waals surface area contributed by atoms with E-state index in [1.165, 1.54) is 23.3 Å². The standard InChI is InChI=1S/C9H10S.C2H6/c1-7-6-8-4-2-3-5-9(8)10-7;1-2/h2,4,6H,3,5H2,1H3;1-2H3.